The molecule has 37 heavy (non-hydrogen) atoms. The molecule has 1 aliphatic rings. The molecule has 3 N–H and O–H groups in total. The van der Waals surface area contributed by atoms with E-state index in [1.807, 2.05) is 0 Å². The van der Waals surface area contributed by atoms with Crippen molar-refractivity contribution in [2.75, 3.05) is 25.1 Å². The van der Waals surface area contributed by atoms with E-state index in [2.05, 4.69) is 15.5 Å². The quantitative estimate of drug-likeness (QED) is 0.369. The number of nitrogens with zero attached hydrogens (tertiary/aromatic N) is 4. The molecular weight excluding hydrogens is 492 g/mol. The summed E-state index contributed by atoms with van der Waals surface area (Å²) >= 11 is 0. The molecule has 4 rings (SSSR count). The minimum absolute atomic E-state index is 0.0307. The van der Waals surface area contributed by atoms with Crippen molar-refractivity contribution in [3.63, 3.8) is 0 Å². The van der Waals surface area contributed by atoms with Gasteiger partial charge in [0.15, 0.2) is 29.0 Å². The van der Waals surface area contributed by atoms with Gasteiger partial charge in [0, 0.05) is 31.5 Å². The maximum Gasteiger partial charge on any atom is 0.271 e. The maximum atomic E-state index is 13.9. The summed E-state index contributed by atoms with van der Waals surface area (Å²) in [7, 11) is 0. The number of halogens is 2. The Labute approximate surface area is 210 Å². The molecule has 2 aromatic heterocycles. The molecule has 3 aromatic rings. The molecule has 0 aliphatic carbocycles. The third-order valence-corrected chi connectivity index (χ3v) is 5.94. The van der Waals surface area contributed by atoms with Crippen molar-refractivity contribution in [1.29, 1.82) is 0 Å². The van der Waals surface area contributed by atoms with Crippen molar-refractivity contribution in [2.24, 2.45) is 5.92 Å². The highest BCUT2D eigenvalue weighted by atomic mass is 19.1. The summed E-state index contributed by atoms with van der Waals surface area (Å²) in [5, 5.41) is 29.5. The number of carbonyl (C=O) groups is 1. The number of anilines is 1. The van der Waals surface area contributed by atoms with Crippen LogP contribution in [0.25, 0.3) is 0 Å². The van der Waals surface area contributed by atoms with Crippen LogP contribution in [0.4, 0.5) is 14.6 Å². The number of nitrogens with one attached hydrogen (secondary N) is 1. The molecule has 0 saturated carbocycles. The zero-order valence-corrected chi connectivity index (χ0v) is 19.8. The molecule has 0 unspecified atom stereocenters. The fourth-order valence-electron chi connectivity index (χ4n) is 4.02. The molecule has 1 amide bonds. The van der Waals surface area contributed by atoms with E-state index in [1.165, 1.54) is 23.0 Å². The number of benzene rings is 1. The summed E-state index contributed by atoms with van der Waals surface area (Å²) in [4.78, 5) is 26.2. The second-order valence-corrected chi connectivity index (χ2v) is 8.68. The summed E-state index contributed by atoms with van der Waals surface area (Å²) in [6, 6.07) is 4.74. The standard InChI is InChI=1S/C24H27F2N5O6/c25-18-2-1-3-19(26)23(18)37-17-11-22(34)31(27-12-17)20(10-15-5-8-36-9-6-15)24(35)28-21-4-7-30(29-21)13-16(33)14-32/h1-4,7,11-12,15-16,20,32-33H,5-6,8-10,13-14H2,(H,28,29,35)/t16-,20+/m1/s1. The number of rotatable bonds is 10. The lowest BCUT2D eigenvalue weighted by molar-refractivity contribution is -0.120. The Kier molecular flexibility index (Phi) is 8.58. The SMILES string of the molecule is O=C(Nc1ccn(C[C@@H](O)CO)n1)[C@H](CC1CCOCC1)n1ncc(Oc2c(F)cccc2F)cc1=O. The van der Waals surface area contributed by atoms with Crippen LogP contribution in [0.2, 0.25) is 0 Å². The number of amides is 1. The highest BCUT2D eigenvalue weighted by Gasteiger charge is 2.29. The Bertz CT molecular complexity index is 1260. The molecule has 13 heteroatoms. The van der Waals surface area contributed by atoms with E-state index in [0.717, 1.165) is 29.1 Å². The van der Waals surface area contributed by atoms with Gasteiger partial charge >= 0.3 is 0 Å². The highest BCUT2D eigenvalue weighted by Crippen LogP contribution is 2.28. The predicted octanol–water partition coefficient (Wildman–Crippen LogP) is 1.86. The van der Waals surface area contributed by atoms with E-state index in [1.54, 1.807) is 0 Å². The number of hydrogen-bond donors (Lipinski definition) is 3. The molecule has 2 atom stereocenters. The van der Waals surface area contributed by atoms with Crippen LogP contribution in [-0.2, 0) is 16.1 Å². The first-order chi connectivity index (χ1) is 17.8. The molecule has 1 fully saturated rings. The number of aromatic nitrogens is 4. The van der Waals surface area contributed by atoms with Crippen molar-refractivity contribution < 1.29 is 33.3 Å². The number of aliphatic hydroxyl groups is 2. The van der Waals surface area contributed by atoms with Crippen molar-refractivity contribution in [3.05, 3.63) is 64.7 Å². The van der Waals surface area contributed by atoms with Crippen LogP contribution in [-0.4, -0.2) is 61.6 Å². The molecule has 1 aliphatic heterocycles. The van der Waals surface area contributed by atoms with E-state index in [-0.39, 0.29) is 24.0 Å². The van der Waals surface area contributed by atoms with E-state index < -0.39 is 47.6 Å². The van der Waals surface area contributed by atoms with Crippen LogP contribution in [0.3, 0.4) is 0 Å². The van der Waals surface area contributed by atoms with Crippen LogP contribution >= 0.6 is 0 Å². The van der Waals surface area contributed by atoms with Crippen LogP contribution in [0, 0.1) is 17.6 Å². The predicted molar refractivity (Wildman–Crippen MR) is 126 cm³/mol. The third-order valence-electron chi connectivity index (χ3n) is 5.94. The number of para-hydroxylation sites is 1. The van der Waals surface area contributed by atoms with Gasteiger partial charge in [0.25, 0.3) is 11.5 Å². The van der Waals surface area contributed by atoms with Crippen LogP contribution in [0.15, 0.2) is 47.5 Å². The monoisotopic (exact) mass is 519 g/mol. The number of aliphatic hydroxyl groups excluding tert-OH is 2. The van der Waals surface area contributed by atoms with Gasteiger partial charge in [-0.3, -0.25) is 14.3 Å². The van der Waals surface area contributed by atoms with Gasteiger partial charge in [-0.2, -0.15) is 10.2 Å². The van der Waals surface area contributed by atoms with Gasteiger partial charge in [0.05, 0.1) is 25.5 Å². The first-order valence-electron chi connectivity index (χ1n) is 11.8. The van der Waals surface area contributed by atoms with Gasteiger partial charge in [0.2, 0.25) is 0 Å². The van der Waals surface area contributed by atoms with Crippen LogP contribution in [0.5, 0.6) is 11.5 Å². The van der Waals surface area contributed by atoms with E-state index in [4.69, 9.17) is 14.6 Å². The Balaban J connectivity index is 1.56. The highest BCUT2D eigenvalue weighted by molar-refractivity contribution is 5.92. The van der Waals surface area contributed by atoms with Gasteiger partial charge in [-0.25, -0.2) is 13.5 Å². The van der Waals surface area contributed by atoms with E-state index in [9.17, 15) is 23.5 Å². The molecule has 198 valence electrons. The Morgan fingerprint density at radius 2 is 1.97 bits per heavy atom. The van der Waals surface area contributed by atoms with E-state index in [0.29, 0.717) is 32.5 Å². The molecule has 11 nitrogen and oxygen atoms in total. The lowest BCUT2D eigenvalue weighted by atomic mass is 9.92. The first kappa shape index (κ1) is 26.4. The van der Waals surface area contributed by atoms with Crippen LogP contribution in [0.1, 0.15) is 25.3 Å². The molecule has 0 bridgehead atoms. The molecule has 1 saturated heterocycles. The summed E-state index contributed by atoms with van der Waals surface area (Å²) in [6.45, 7) is 0.676. The maximum absolute atomic E-state index is 13.9. The number of ether oxygens (including phenoxy) is 2. The molecule has 3 heterocycles. The van der Waals surface area contributed by atoms with Gasteiger partial charge in [0.1, 0.15) is 6.04 Å². The first-order valence-corrected chi connectivity index (χ1v) is 11.8. The Morgan fingerprint density at radius 1 is 1.24 bits per heavy atom. The van der Waals surface area contributed by atoms with Crippen molar-refractivity contribution in [2.45, 2.75) is 38.0 Å². The summed E-state index contributed by atoms with van der Waals surface area (Å²) in [5.74, 6) is -2.98. The summed E-state index contributed by atoms with van der Waals surface area (Å²) < 4.78 is 40.9. The minimum atomic E-state index is -1.01. The smallest absolute Gasteiger partial charge is 0.271 e. The summed E-state index contributed by atoms with van der Waals surface area (Å²) in [5.41, 5.74) is -0.696. The molecule has 0 radical (unpaired) electrons. The zero-order valence-electron chi connectivity index (χ0n) is 19.8. The van der Waals surface area contributed by atoms with Crippen molar-refractivity contribution >= 4 is 11.7 Å². The summed E-state index contributed by atoms with van der Waals surface area (Å²) in [6.07, 6.45) is 3.35. The third kappa shape index (κ3) is 6.76. The normalized spacial score (nSPS) is 15.8. The Hall–Kier alpha value is -3.68. The van der Waals surface area contributed by atoms with Crippen LogP contribution < -0.4 is 15.6 Å². The molecular formula is C24H27F2N5O6. The van der Waals surface area contributed by atoms with Gasteiger partial charge in [-0.05, 0) is 37.3 Å². The molecule has 0 spiro atoms. The lowest BCUT2D eigenvalue weighted by Crippen LogP contribution is -2.36. The minimum Gasteiger partial charge on any atom is -0.449 e. The second kappa shape index (κ2) is 12.0. The number of hydrogen-bond acceptors (Lipinski definition) is 8. The number of carbonyl (C=O) groups excluding carboxylic acids is 1. The fraction of sp³-hybridized carbons (Fsp3) is 0.417. The zero-order chi connectivity index (χ0) is 26.4. The average molecular weight is 520 g/mol. The van der Waals surface area contributed by atoms with Gasteiger partial charge in [-0.15, -0.1) is 0 Å². The van der Waals surface area contributed by atoms with Crippen molar-refractivity contribution in [1.82, 2.24) is 19.6 Å². The van der Waals surface area contributed by atoms with Gasteiger partial charge < -0.3 is 25.0 Å². The lowest BCUT2D eigenvalue weighted by Gasteiger charge is -2.26. The Morgan fingerprint density at radius 3 is 2.65 bits per heavy atom. The van der Waals surface area contributed by atoms with E-state index >= 15 is 0 Å². The van der Waals surface area contributed by atoms with Crippen molar-refractivity contribution in [3.8, 4) is 11.5 Å². The fourth-order valence-corrected chi connectivity index (χ4v) is 4.02. The average Bonchev–Trinajstić information content (AvgIpc) is 3.32. The molecule has 1 aromatic carbocycles. The largest absolute Gasteiger partial charge is 0.449 e. The van der Waals surface area contributed by atoms with Gasteiger partial charge in [-0.1, -0.05) is 6.07 Å². The topological polar surface area (TPSA) is 141 Å². The second-order valence-electron chi connectivity index (χ2n) is 8.68.